The van der Waals surface area contributed by atoms with Gasteiger partial charge in [-0.15, -0.1) is 0 Å². The fraction of sp³-hybridized carbons (Fsp3) is 0.0870. The van der Waals surface area contributed by atoms with Crippen molar-refractivity contribution in [1.29, 1.82) is 0 Å². The van der Waals surface area contributed by atoms with Gasteiger partial charge in [0, 0.05) is 5.39 Å². The SMILES string of the molecule is C/C(=N\Nc1cccc2ccccc12)c1c(O)n(Cc2ccccc2)c(=O)[nH]c1=O. The highest BCUT2D eigenvalue weighted by Crippen LogP contribution is 2.23. The molecular weight excluding hydrogens is 380 g/mol. The van der Waals surface area contributed by atoms with Gasteiger partial charge in [-0.2, -0.15) is 5.10 Å². The summed E-state index contributed by atoms with van der Waals surface area (Å²) >= 11 is 0. The minimum Gasteiger partial charge on any atom is -0.494 e. The zero-order chi connectivity index (χ0) is 21.1. The van der Waals surface area contributed by atoms with Gasteiger partial charge in [-0.1, -0.05) is 66.7 Å². The fourth-order valence-electron chi connectivity index (χ4n) is 3.32. The molecule has 30 heavy (non-hydrogen) atoms. The average molecular weight is 400 g/mol. The lowest BCUT2D eigenvalue weighted by atomic mass is 10.1. The highest BCUT2D eigenvalue weighted by molar-refractivity contribution is 6.01. The van der Waals surface area contributed by atoms with Crippen molar-refractivity contribution in [2.45, 2.75) is 13.5 Å². The Labute approximate surface area is 172 Å². The van der Waals surface area contributed by atoms with E-state index in [0.29, 0.717) is 0 Å². The third-order valence-electron chi connectivity index (χ3n) is 4.85. The van der Waals surface area contributed by atoms with E-state index in [1.807, 2.05) is 72.8 Å². The number of hydrogen-bond donors (Lipinski definition) is 3. The molecule has 150 valence electrons. The van der Waals surface area contributed by atoms with Gasteiger partial charge in [0.1, 0.15) is 5.56 Å². The second-order valence-corrected chi connectivity index (χ2v) is 6.87. The molecule has 1 aromatic heterocycles. The molecule has 0 radical (unpaired) electrons. The Bertz CT molecular complexity index is 1350. The summed E-state index contributed by atoms with van der Waals surface area (Å²) in [6.07, 6.45) is 0. The highest BCUT2D eigenvalue weighted by atomic mass is 16.3. The first kappa shape index (κ1) is 19.2. The summed E-state index contributed by atoms with van der Waals surface area (Å²) in [6, 6.07) is 22.8. The Morgan fingerprint density at radius 3 is 2.50 bits per heavy atom. The molecule has 3 N–H and O–H groups in total. The molecule has 0 amide bonds. The molecule has 0 aliphatic carbocycles. The van der Waals surface area contributed by atoms with Crippen molar-refractivity contribution in [3.05, 3.63) is 105 Å². The van der Waals surface area contributed by atoms with Crippen LogP contribution in [0.2, 0.25) is 0 Å². The van der Waals surface area contributed by atoms with E-state index >= 15 is 0 Å². The number of benzene rings is 3. The fourth-order valence-corrected chi connectivity index (χ4v) is 3.32. The number of nitrogens with one attached hydrogen (secondary N) is 2. The summed E-state index contributed by atoms with van der Waals surface area (Å²) < 4.78 is 1.11. The molecule has 0 spiro atoms. The van der Waals surface area contributed by atoms with Crippen molar-refractivity contribution in [3.8, 4) is 5.88 Å². The van der Waals surface area contributed by atoms with Crippen LogP contribution in [0.1, 0.15) is 18.1 Å². The van der Waals surface area contributed by atoms with Crippen LogP contribution >= 0.6 is 0 Å². The molecule has 0 unspecified atom stereocenters. The zero-order valence-corrected chi connectivity index (χ0v) is 16.3. The van der Waals surface area contributed by atoms with Gasteiger partial charge in [0.25, 0.3) is 5.56 Å². The number of fused-ring (bicyclic) bond motifs is 1. The molecule has 7 nitrogen and oxygen atoms in total. The van der Waals surface area contributed by atoms with E-state index in [0.717, 1.165) is 26.6 Å². The number of aromatic hydroxyl groups is 1. The van der Waals surface area contributed by atoms with Crippen molar-refractivity contribution in [2.24, 2.45) is 5.10 Å². The lowest BCUT2D eigenvalue weighted by Crippen LogP contribution is -2.34. The summed E-state index contributed by atoms with van der Waals surface area (Å²) in [5.74, 6) is -0.423. The predicted molar refractivity (Wildman–Crippen MR) is 118 cm³/mol. The minimum atomic E-state index is -0.692. The topological polar surface area (TPSA) is 99.5 Å². The number of hydrogen-bond acceptors (Lipinski definition) is 5. The van der Waals surface area contributed by atoms with Gasteiger partial charge in [0.15, 0.2) is 0 Å². The number of anilines is 1. The third kappa shape index (κ3) is 3.73. The molecular formula is C23H20N4O3. The van der Waals surface area contributed by atoms with E-state index in [4.69, 9.17) is 0 Å². The van der Waals surface area contributed by atoms with Gasteiger partial charge in [-0.3, -0.25) is 19.8 Å². The first-order chi connectivity index (χ1) is 14.5. The molecule has 0 fully saturated rings. The van der Waals surface area contributed by atoms with Crippen molar-refractivity contribution in [1.82, 2.24) is 9.55 Å². The number of aromatic amines is 1. The Hall–Kier alpha value is -4.13. The molecule has 4 rings (SSSR count). The molecule has 0 aliphatic rings. The monoisotopic (exact) mass is 400 g/mol. The summed E-state index contributed by atoms with van der Waals surface area (Å²) in [4.78, 5) is 26.9. The van der Waals surface area contributed by atoms with E-state index in [1.165, 1.54) is 0 Å². The van der Waals surface area contributed by atoms with Crippen LogP contribution in [0.25, 0.3) is 10.8 Å². The first-order valence-corrected chi connectivity index (χ1v) is 9.43. The number of aromatic nitrogens is 2. The quantitative estimate of drug-likeness (QED) is 0.354. The van der Waals surface area contributed by atoms with Crippen LogP contribution in [-0.2, 0) is 6.54 Å². The maximum Gasteiger partial charge on any atom is 0.331 e. The van der Waals surface area contributed by atoms with Crippen LogP contribution in [0.3, 0.4) is 0 Å². The second kappa shape index (κ2) is 8.08. The van der Waals surface area contributed by atoms with Crippen molar-refractivity contribution in [3.63, 3.8) is 0 Å². The van der Waals surface area contributed by atoms with Crippen LogP contribution in [-0.4, -0.2) is 20.4 Å². The Morgan fingerprint density at radius 2 is 1.70 bits per heavy atom. The van der Waals surface area contributed by atoms with Crippen LogP contribution in [0.15, 0.2) is 87.5 Å². The van der Waals surface area contributed by atoms with Gasteiger partial charge in [0.05, 0.1) is 17.9 Å². The summed E-state index contributed by atoms with van der Waals surface area (Å²) in [6.45, 7) is 1.72. The Kier molecular flexibility index (Phi) is 5.17. The lowest BCUT2D eigenvalue weighted by molar-refractivity contribution is 0.408. The highest BCUT2D eigenvalue weighted by Gasteiger charge is 2.17. The standard InChI is InChI=1S/C23H20N4O3/c1-15(25-26-19-13-7-11-17-10-5-6-12-18(17)19)20-21(28)24-23(30)27(22(20)29)14-16-8-3-2-4-9-16/h2-13,26,29H,14H2,1H3,(H,24,28,30)/b25-15+. The molecule has 7 heteroatoms. The molecule has 0 atom stereocenters. The number of H-pyrrole nitrogens is 1. The molecule has 4 aromatic rings. The van der Waals surface area contributed by atoms with E-state index in [9.17, 15) is 14.7 Å². The van der Waals surface area contributed by atoms with Gasteiger partial charge in [-0.05, 0) is 23.9 Å². The zero-order valence-electron chi connectivity index (χ0n) is 16.3. The Morgan fingerprint density at radius 1 is 1.00 bits per heavy atom. The average Bonchev–Trinajstić information content (AvgIpc) is 2.75. The molecule has 0 bridgehead atoms. The van der Waals surface area contributed by atoms with Crippen molar-refractivity contribution in [2.75, 3.05) is 5.43 Å². The third-order valence-corrected chi connectivity index (χ3v) is 4.85. The molecule has 1 heterocycles. The minimum absolute atomic E-state index is 0.0572. The van der Waals surface area contributed by atoms with Crippen molar-refractivity contribution < 1.29 is 5.11 Å². The number of nitrogens with zero attached hydrogens (tertiary/aromatic N) is 2. The van der Waals surface area contributed by atoms with Gasteiger partial charge in [-0.25, -0.2) is 4.79 Å². The summed E-state index contributed by atoms with van der Waals surface area (Å²) in [7, 11) is 0. The van der Waals surface area contributed by atoms with E-state index in [1.54, 1.807) is 6.92 Å². The lowest BCUT2D eigenvalue weighted by Gasteiger charge is -2.12. The largest absolute Gasteiger partial charge is 0.494 e. The smallest absolute Gasteiger partial charge is 0.331 e. The number of rotatable bonds is 5. The van der Waals surface area contributed by atoms with Crippen molar-refractivity contribution >= 4 is 22.2 Å². The molecule has 0 saturated carbocycles. The van der Waals surface area contributed by atoms with Gasteiger partial charge >= 0.3 is 5.69 Å². The maximum absolute atomic E-state index is 12.4. The van der Waals surface area contributed by atoms with E-state index in [2.05, 4.69) is 15.5 Å². The predicted octanol–water partition coefficient (Wildman–Crippen LogP) is 3.28. The molecule has 0 aliphatic heterocycles. The Balaban J connectivity index is 1.71. The van der Waals surface area contributed by atoms with Crippen LogP contribution in [0.5, 0.6) is 5.88 Å². The number of hydrazone groups is 1. The summed E-state index contributed by atoms with van der Waals surface area (Å²) in [5.41, 5.74) is 3.37. The first-order valence-electron chi connectivity index (χ1n) is 9.43. The normalized spacial score (nSPS) is 11.6. The maximum atomic E-state index is 12.4. The molecule has 0 saturated heterocycles. The van der Waals surface area contributed by atoms with Gasteiger partial charge in [0.2, 0.25) is 5.88 Å². The molecule has 3 aromatic carbocycles. The van der Waals surface area contributed by atoms with Crippen LogP contribution in [0.4, 0.5) is 5.69 Å². The van der Waals surface area contributed by atoms with E-state index < -0.39 is 17.1 Å². The van der Waals surface area contributed by atoms with E-state index in [-0.39, 0.29) is 17.8 Å². The van der Waals surface area contributed by atoms with Crippen LogP contribution < -0.4 is 16.7 Å². The summed E-state index contributed by atoms with van der Waals surface area (Å²) in [5, 5.41) is 17.0. The van der Waals surface area contributed by atoms with Gasteiger partial charge < -0.3 is 5.11 Å². The second-order valence-electron chi connectivity index (χ2n) is 6.87. The van der Waals surface area contributed by atoms with Crippen LogP contribution in [0, 0.1) is 0 Å².